The van der Waals surface area contributed by atoms with Gasteiger partial charge in [-0.25, -0.2) is 4.98 Å². The predicted molar refractivity (Wildman–Crippen MR) is 81.2 cm³/mol. The second kappa shape index (κ2) is 5.33. The first-order chi connectivity index (χ1) is 8.88. The molecule has 0 spiro atoms. The molecule has 0 fully saturated rings. The van der Waals surface area contributed by atoms with E-state index in [-0.39, 0.29) is 11.5 Å². The number of pyridine rings is 1. The third-order valence-corrected chi connectivity index (χ3v) is 3.79. The van der Waals surface area contributed by atoms with Crippen LogP contribution in [0.5, 0.6) is 0 Å². The number of nitrogens with two attached hydrogens (primary N) is 1. The van der Waals surface area contributed by atoms with E-state index in [0.29, 0.717) is 0 Å². The van der Waals surface area contributed by atoms with Crippen molar-refractivity contribution in [3.8, 4) is 0 Å². The highest BCUT2D eigenvalue weighted by atomic mass is 15.2. The summed E-state index contributed by atoms with van der Waals surface area (Å²) in [7, 11) is 0. The molecule has 0 saturated heterocycles. The minimum atomic E-state index is 0.0622. The summed E-state index contributed by atoms with van der Waals surface area (Å²) in [5, 5.41) is 0. The van der Waals surface area contributed by atoms with E-state index in [9.17, 15) is 0 Å². The van der Waals surface area contributed by atoms with Crippen LogP contribution in [-0.4, -0.2) is 18.1 Å². The fraction of sp³-hybridized carbons (Fsp3) is 0.562. The molecule has 2 N–H and O–H groups in total. The van der Waals surface area contributed by atoms with Crippen LogP contribution in [0.4, 0.5) is 5.82 Å². The molecule has 0 unspecified atom stereocenters. The Morgan fingerprint density at radius 3 is 2.63 bits per heavy atom. The van der Waals surface area contributed by atoms with Gasteiger partial charge in [0.1, 0.15) is 5.82 Å². The molecule has 104 valence electrons. The molecule has 0 radical (unpaired) electrons. The lowest BCUT2D eigenvalue weighted by molar-refractivity contribution is 0.472. The highest BCUT2D eigenvalue weighted by Gasteiger charge is 2.21. The average Bonchev–Trinajstić information content (AvgIpc) is 2.38. The van der Waals surface area contributed by atoms with Crippen molar-refractivity contribution in [1.29, 1.82) is 0 Å². The van der Waals surface area contributed by atoms with Crippen molar-refractivity contribution < 1.29 is 0 Å². The van der Waals surface area contributed by atoms with Crippen molar-refractivity contribution in [2.75, 3.05) is 18.0 Å². The summed E-state index contributed by atoms with van der Waals surface area (Å²) in [6, 6.07) is 4.17. The number of hydrogen-bond acceptors (Lipinski definition) is 3. The van der Waals surface area contributed by atoms with Gasteiger partial charge in [0.05, 0.1) is 0 Å². The molecule has 1 aromatic heterocycles. The second-order valence-corrected chi connectivity index (χ2v) is 6.41. The van der Waals surface area contributed by atoms with E-state index in [4.69, 9.17) is 5.73 Å². The number of nitrogens with zero attached hydrogens (tertiary/aromatic N) is 2. The molecule has 3 nitrogen and oxygen atoms in total. The van der Waals surface area contributed by atoms with E-state index in [1.54, 1.807) is 5.57 Å². The summed E-state index contributed by atoms with van der Waals surface area (Å²) in [5.41, 5.74) is 8.91. The van der Waals surface area contributed by atoms with Gasteiger partial charge in [-0.2, -0.15) is 0 Å². The Bertz CT molecular complexity index is 469. The average molecular weight is 259 g/mol. The summed E-state index contributed by atoms with van der Waals surface area (Å²) >= 11 is 0. The Hall–Kier alpha value is -1.35. The topological polar surface area (TPSA) is 42.1 Å². The maximum absolute atomic E-state index is 5.93. The summed E-state index contributed by atoms with van der Waals surface area (Å²) in [4.78, 5) is 6.79. The lowest BCUT2D eigenvalue weighted by atomic mass is 9.83. The lowest BCUT2D eigenvalue weighted by Crippen LogP contribution is -2.31. The molecular formula is C16H25N3. The van der Waals surface area contributed by atoms with Crippen molar-refractivity contribution in [3.63, 3.8) is 0 Å². The molecule has 2 rings (SSSR count). The van der Waals surface area contributed by atoms with Crippen LogP contribution in [0, 0.1) is 5.41 Å². The quantitative estimate of drug-likeness (QED) is 0.829. The van der Waals surface area contributed by atoms with Gasteiger partial charge in [0.2, 0.25) is 0 Å². The number of anilines is 1. The Kier molecular flexibility index (Phi) is 3.95. The van der Waals surface area contributed by atoms with E-state index in [0.717, 1.165) is 30.9 Å². The van der Waals surface area contributed by atoms with Crippen LogP contribution in [-0.2, 0) is 0 Å². The molecule has 0 aromatic carbocycles. The summed E-state index contributed by atoms with van der Waals surface area (Å²) in [6.07, 6.45) is 5.33. The highest BCUT2D eigenvalue weighted by molar-refractivity contribution is 5.44. The van der Waals surface area contributed by atoms with Crippen molar-refractivity contribution in [1.82, 2.24) is 4.98 Å². The van der Waals surface area contributed by atoms with Crippen molar-refractivity contribution in [2.24, 2.45) is 11.1 Å². The van der Waals surface area contributed by atoms with E-state index >= 15 is 0 Å². The Morgan fingerprint density at radius 1 is 1.37 bits per heavy atom. The standard InChI is InChI=1S/C16H25N3/c1-12(17)13-5-8-18-15(11-13)19-9-6-14(7-10-19)16(2,3)4/h5-6,8,11-12H,7,9-10,17H2,1-4H3/t12-/m0/s1. The smallest absolute Gasteiger partial charge is 0.129 e. The monoisotopic (exact) mass is 259 g/mol. The van der Waals surface area contributed by atoms with E-state index < -0.39 is 0 Å². The molecule has 1 aliphatic rings. The number of aromatic nitrogens is 1. The maximum atomic E-state index is 5.93. The van der Waals surface area contributed by atoms with E-state index in [1.165, 1.54) is 0 Å². The maximum Gasteiger partial charge on any atom is 0.129 e. The van der Waals surface area contributed by atoms with Crippen LogP contribution in [0.25, 0.3) is 0 Å². The third-order valence-electron chi connectivity index (χ3n) is 3.79. The SMILES string of the molecule is C[C@H](N)c1ccnc(N2CC=C(C(C)(C)C)CC2)c1. The van der Waals surface area contributed by atoms with E-state index in [1.807, 2.05) is 19.2 Å². The van der Waals surface area contributed by atoms with E-state index in [2.05, 4.69) is 42.8 Å². The molecule has 0 amide bonds. The normalized spacial score (nSPS) is 18.2. The summed E-state index contributed by atoms with van der Waals surface area (Å²) < 4.78 is 0. The Balaban J connectivity index is 2.14. The zero-order chi connectivity index (χ0) is 14.0. The Labute approximate surface area is 116 Å². The molecular weight excluding hydrogens is 234 g/mol. The minimum absolute atomic E-state index is 0.0622. The first-order valence-electron chi connectivity index (χ1n) is 7.04. The van der Waals surface area contributed by atoms with Crippen LogP contribution in [0.1, 0.15) is 45.7 Å². The lowest BCUT2D eigenvalue weighted by Gasteiger charge is -2.33. The molecule has 19 heavy (non-hydrogen) atoms. The van der Waals surface area contributed by atoms with Crippen LogP contribution in [0.15, 0.2) is 30.0 Å². The molecule has 2 heterocycles. The highest BCUT2D eigenvalue weighted by Crippen LogP contribution is 2.31. The molecule has 3 heteroatoms. The van der Waals surface area contributed by atoms with Gasteiger partial charge in [0, 0.05) is 25.3 Å². The zero-order valence-electron chi connectivity index (χ0n) is 12.5. The molecule has 1 aliphatic heterocycles. The van der Waals surface area contributed by atoms with Gasteiger partial charge in [-0.15, -0.1) is 0 Å². The fourth-order valence-electron chi connectivity index (χ4n) is 2.45. The molecule has 0 saturated carbocycles. The number of rotatable bonds is 2. The third kappa shape index (κ3) is 3.35. The Morgan fingerprint density at radius 2 is 2.11 bits per heavy atom. The van der Waals surface area contributed by atoms with Gasteiger partial charge >= 0.3 is 0 Å². The first-order valence-corrected chi connectivity index (χ1v) is 7.04. The molecule has 0 aliphatic carbocycles. The largest absolute Gasteiger partial charge is 0.353 e. The van der Waals surface area contributed by atoms with Gasteiger partial charge < -0.3 is 10.6 Å². The van der Waals surface area contributed by atoms with Crippen molar-refractivity contribution in [3.05, 3.63) is 35.5 Å². The van der Waals surface area contributed by atoms with Gasteiger partial charge in [-0.1, -0.05) is 32.4 Å². The molecule has 0 bridgehead atoms. The predicted octanol–water partition coefficient (Wildman–Crippen LogP) is 3.28. The van der Waals surface area contributed by atoms with Crippen LogP contribution in [0.2, 0.25) is 0 Å². The van der Waals surface area contributed by atoms with Crippen molar-refractivity contribution in [2.45, 2.75) is 40.2 Å². The van der Waals surface area contributed by atoms with Crippen LogP contribution < -0.4 is 10.6 Å². The van der Waals surface area contributed by atoms with Crippen molar-refractivity contribution >= 4 is 5.82 Å². The van der Waals surface area contributed by atoms with Crippen LogP contribution >= 0.6 is 0 Å². The first kappa shape index (κ1) is 14.1. The molecule has 1 aromatic rings. The molecule has 1 atom stereocenters. The minimum Gasteiger partial charge on any atom is -0.353 e. The second-order valence-electron chi connectivity index (χ2n) is 6.41. The van der Waals surface area contributed by atoms with Crippen LogP contribution in [0.3, 0.4) is 0 Å². The zero-order valence-corrected chi connectivity index (χ0v) is 12.5. The van der Waals surface area contributed by atoms with Gasteiger partial charge in [-0.3, -0.25) is 0 Å². The summed E-state index contributed by atoms with van der Waals surface area (Å²) in [5.74, 6) is 1.04. The fourth-order valence-corrected chi connectivity index (χ4v) is 2.45. The number of hydrogen-bond donors (Lipinski definition) is 1. The van der Waals surface area contributed by atoms with Gasteiger partial charge in [0.15, 0.2) is 0 Å². The van der Waals surface area contributed by atoms with Gasteiger partial charge in [0.25, 0.3) is 0 Å². The summed E-state index contributed by atoms with van der Waals surface area (Å²) in [6.45, 7) is 10.8. The van der Waals surface area contributed by atoms with Gasteiger partial charge in [-0.05, 0) is 36.5 Å².